The predicted octanol–water partition coefficient (Wildman–Crippen LogP) is 1.78. The van der Waals surface area contributed by atoms with Crippen LogP contribution in [0.4, 0.5) is 0 Å². The Hall–Kier alpha value is -1.47. The van der Waals surface area contributed by atoms with Crippen molar-refractivity contribution in [3.63, 3.8) is 0 Å². The minimum Gasteiger partial charge on any atom is -0.384 e. The van der Waals surface area contributed by atoms with E-state index in [1.54, 1.807) is 7.11 Å². The molecule has 1 atom stereocenters. The molecule has 2 fully saturated rings. The molecule has 1 aromatic rings. The summed E-state index contributed by atoms with van der Waals surface area (Å²) in [7, 11) is 1.62. The first-order valence-corrected chi connectivity index (χ1v) is 8.93. The van der Waals surface area contributed by atoms with Crippen molar-refractivity contribution in [1.29, 1.82) is 0 Å². The molecule has 3 rings (SSSR count). The Morgan fingerprint density at radius 1 is 1.33 bits per heavy atom. The van der Waals surface area contributed by atoms with Gasteiger partial charge in [-0.2, -0.15) is 4.98 Å². The van der Waals surface area contributed by atoms with Gasteiger partial charge in [0, 0.05) is 45.8 Å². The predicted molar refractivity (Wildman–Crippen MR) is 86.6 cm³/mol. The molecule has 1 unspecified atom stereocenters. The van der Waals surface area contributed by atoms with Crippen molar-refractivity contribution in [2.45, 2.75) is 44.4 Å². The number of nitrogens with zero attached hydrogens (tertiary/aromatic N) is 3. The lowest BCUT2D eigenvalue weighted by Gasteiger charge is -2.32. The number of amides is 1. The normalized spacial score (nSPS) is 22.7. The molecule has 0 bridgehead atoms. The monoisotopic (exact) mass is 337 g/mol. The summed E-state index contributed by atoms with van der Waals surface area (Å²) in [6.07, 6.45) is 5.27. The molecule has 2 saturated heterocycles. The van der Waals surface area contributed by atoms with Gasteiger partial charge in [0.2, 0.25) is 11.8 Å². The molecule has 7 heteroatoms. The Labute approximate surface area is 142 Å². The molecule has 2 aliphatic heterocycles. The Bertz CT molecular complexity index is 528. The Kier molecular flexibility index (Phi) is 6.20. The average molecular weight is 337 g/mol. The van der Waals surface area contributed by atoms with Crippen LogP contribution in [0.5, 0.6) is 0 Å². The van der Waals surface area contributed by atoms with Gasteiger partial charge in [-0.1, -0.05) is 5.16 Å². The summed E-state index contributed by atoms with van der Waals surface area (Å²) in [5.74, 6) is 2.45. The van der Waals surface area contributed by atoms with E-state index in [0.717, 1.165) is 64.2 Å². The van der Waals surface area contributed by atoms with Crippen molar-refractivity contribution in [3.8, 4) is 0 Å². The number of likely N-dealkylation sites (tertiary alicyclic amines) is 1. The second-order valence-electron chi connectivity index (χ2n) is 6.73. The molecule has 0 aromatic carbocycles. The number of rotatable bonds is 6. The Morgan fingerprint density at radius 3 is 2.96 bits per heavy atom. The van der Waals surface area contributed by atoms with E-state index in [1.807, 2.05) is 4.90 Å². The van der Waals surface area contributed by atoms with Crippen LogP contribution in [-0.2, 0) is 20.7 Å². The Balaban J connectivity index is 1.52. The largest absolute Gasteiger partial charge is 0.384 e. The third-order valence-corrected chi connectivity index (χ3v) is 4.93. The van der Waals surface area contributed by atoms with Crippen LogP contribution in [0.15, 0.2) is 4.52 Å². The second kappa shape index (κ2) is 8.58. The molecule has 0 radical (unpaired) electrons. The van der Waals surface area contributed by atoms with Gasteiger partial charge >= 0.3 is 0 Å². The van der Waals surface area contributed by atoms with Crippen LogP contribution in [0.3, 0.4) is 0 Å². The molecule has 0 aliphatic carbocycles. The highest BCUT2D eigenvalue weighted by Gasteiger charge is 2.26. The zero-order valence-electron chi connectivity index (χ0n) is 14.4. The van der Waals surface area contributed by atoms with E-state index in [2.05, 4.69) is 10.1 Å². The molecule has 0 N–H and O–H groups in total. The number of methoxy groups -OCH3 is 1. The number of ether oxygens (including phenoxy) is 2. The summed E-state index contributed by atoms with van der Waals surface area (Å²) >= 11 is 0. The van der Waals surface area contributed by atoms with E-state index in [4.69, 9.17) is 14.0 Å². The first kappa shape index (κ1) is 17.4. The molecule has 3 heterocycles. The SMILES string of the molecule is COCCC(=O)N1CCCC(Cc2nc(C3CCOCC3)no2)C1. The van der Waals surface area contributed by atoms with Gasteiger partial charge in [-0.3, -0.25) is 4.79 Å². The van der Waals surface area contributed by atoms with Crippen molar-refractivity contribution in [3.05, 3.63) is 11.7 Å². The molecular weight excluding hydrogens is 310 g/mol. The summed E-state index contributed by atoms with van der Waals surface area (Å²) in [6.45, 7) is 3.65. The maximum atomic E-state index is 12.1. The molecular formula is C17H27N3O4. The van der Waals surface area contributed by atoms with Crippen molar-refractivity contribution >= 4 is 5.91 Å². The van der Waals surface area contributed by atoms with Crippen LogP contribution in [0, 0.1) is 5.92 Å². The molecule has 24 heavy (non-hydrogen) atoms. The lowest BCUT2D eigenvalue weighted by atomic mass is 9.94. The summed E-state index contributed by atoms with van der Waals surface area (Å²) in [5.41, 5.74) is 0. The highest BCUT2D eigenvalue weighted by atomic mass is 16.5. The van der Waals surface area contributed by atoms with Gasteiger partial charge in [0.05, 0.1) is 13.0 Å². The number of aromatic nitrogens is 2. The summed E-state index contributed by atoms with van der Waals surface area (Å²) in [4.78, 5) is 18.7. The van der Waals surface area contributed by atoms with Crippen LogP contribution >= 0.6 is 0 Å². The number of carbonyl (C=O) groups is 1. The fraction of sp³-hybridized carbons (Fsp3) is 0.824. The highest BCUT2D eigenvalue weighted by Crippen LogP contribution is 2.26. The van der Waals surface area contributed by atoms with E-state index in [-0.39, 0.29) is 5.91 Å². The molecule has 1 amide bonds. The van der Waals surface area contributed by atoms with Crippen molar-refractivity contribution < 1.29 is 18.8 Å². The van der Waals surface area contributed by atoms with Gasteiger partial charge in [-0.05, 0) is 31.6 Å². The van der Waals surface area contributed by atoms with E-state index >= 15 is 0 Å². The van der Waals surface area contributed by atoms with E-state index < -0.39 is 0 Å². The summed E-state index contributed by atoms with van der Waals surface area (Å²) in [5, 5.41) is 4.16. The summed E-state index contributed by atoms with van der Waals surface area (Å²) < 4.78 is 15.8. The third kappa shape index (κ3) is 4.54. The van der Waals surface area contributed by atoms with E-state index in [9.17, 15) is 4.79 Å². The van der Waals surface area contributed by atoms with Gasteiger partial charge in [0.15, 0.2) is 5.82 Å². The molecule has 7 nitrogen and oxygen atoms in total. The van der Waals surface area contributed by atoms with Gasteiger partial charge < -0.3 is 18.9 Å². The highest BCUT2D eigenvalue weighted by molar-refractivity contribution is 5.76. The second-order valence-corrected chi connectivity index (χ2v) is 6.73. The fourth-order valence-corrected chi connectivity index (χ4v) is 3.53. The van der Waals surface area contributed by atoms with Gasteiger partial charge in [-0.15, -0.1) is 0 Å². The first-order chi connectivity index (χ1) is 11.8. The van der Waals surface area contributed by atoms with Crippen molar-refractivity contribution in [2.75, 3.05) is 40.0 Å². The van der Waals surface area contributed by atoms with Gasteiger partial charge in [0.25, 0.3) is 0 Å². The first-order valence-electron chi connectivity index (χ1n) is 8.93. The number of hydrogen-bond donors (Lipinski definition) is 0. The maximum Gasteiger partial charge on any atom is 0.226 e. The number of piperidine rings is 1. The number of hydrogen-bond acceptors (Lipinski definition) is 6. The van der Waals surface area contributed by atoms with Gasteiger partial charge in [0.1, 0.15) is 0 Å². The molecule has 0 spiro atoms. The lowest BCUT2D eigenvalue weighted by molar-refractivity contribution is -0.134. The number of carbonyl (C=O) groups excluding carboxylic acids is 1. The van der Waals surface area contributed by atoms with E-state index in [0.29, 0.717) is 30.8 Å². The zero-order chi connectivity index (χ0) is 16.8. The van der Waals surface area contributed by atoms with Crippen molar-refractivity contribution in [2.24, 2.45) is 5.92 Å². The standard InChI is InChI=1S/C17H27N3O4/c1-22-8-6-16(21)20-7-2-3-13(12-20)11-15-18-17(19-24-15)14-4-9-23-10-5-14/h13-14H,2-12H2,1H3. The smallest absolute Gasteiger partial charge is 0.226 e. The minimum atomic E-state index is 0.176. The Morgan fingerprint density at radius 2 is 2.17 bits per heavy atom. The molecule has 134 valence electrons. The average Bonchev–Trinajstić information content (AvgIpc) is 3.09. The van der Waals surface area contributed by atoms with Crippen LogP contribution in [-0.4, -0.2) is 61.0 Å². The van der Waals surface area contributed by atoms with E-state index in [1.165, 1.54) is 0 Å². The summed E-state index contributed by atoms with van der Waals surface area (Å²) in [6, 6.07) is 0. The van der Waals surface area contributed by atoms with Crippen molar-refractivity contribution in [1.82, 2.24) is 15.0 Å². The van der Waals surface area contributed by atoms with Crippen LogP contribution < -0.4 is 0 Å². The molecule has 0 saturated carbocycles. The topological polar surface area (TPSA) is 77.7 Å². The lowest BCUT2D eigenvalue weighted by Crippen LogP contribution is -2.40. The fourth-order valence-electron chi connectivity index (χ4n) is 3.53. The zero-order valence-corrected chi connectivity index (χ0v) is 14.4. The third-order valence-electron chi connectivity index (χ3n) is 4.93. The minimum absolute atomic E-state index is 0.176. The molecule has 2 aliphatic rings. The van der Waals surface area contributed by atoms with Crippen LogP contribution in [0.25, 0.3) is 0 Å². The molecule has 1 aromatic heterocycles. The maximum absolute atomic E-state index is 12.1. The van der Waals surface area contributed by atoms with Crippen LogP contribution in [0.1, 0.15) is 49.7 Å². The van der Waals surface area contributed by atoms with Gasteiger partial charge in [-0.25, -0.2) is 0 Å². The quantitative estimate of drug-likeness (QED) is 0.787. The van der Waals surface area contributed by atoms with Crippen LogP contribution in [0.2, 0.25) is 0 Å².